The molecule has 45 heavy (non-hydrogen) atoms. The molecule has 0 saturated carbocycles. The molecule has 4 aromatic carbocycles. The maximum absolute atomic E-state index is 14.4. The van der Waals surface area contributed by atoms with Crippen molar-refractivity contribution in [3.63, 3.8) is 0 Å². The average molecular weight is 613 g/mol. The van der Waals surface area contributed by atoms with Crippen molar-refractivity contribution >= 4 is 10.9 Å². The van der Waals surface area contributed by atoms with Crippen molar-refractivity contribution in [3.8, 4) is 11.5 Å². The number of hydrogen-bond donors (Lipinski definition) is 3. The number of aromatic amines is 1. The van der Waals surface area contributed by atoms with Crippen LogP contribution in [0.2, 0.25) is 0 Å². The molecule has 5 aromatic rings. The molecule has 0 amide bonds. The second-order valence-electron chi connectivity index (χ2n) is 11.3. The third-order valence-corrected chi connectivity index (χ3v) is 7.68. The molecule has 0 spiro atoms. The summed E-state index contributed by atoms with van der Waals surface area (Å²) >= 11 is 0. The minimum absolute atomic E-state index is 0.0216. The van der Waals surface area contributed by atoms with E-state index in [2.05, 4.69) is 10.3 Å². The molecule has 8 heteroatoms. The van der Waals surface area contributed by atoms with E-state index in [1.54, 1.807) is 24.3 Å². The summed E-state index contributed by atoms with van der Waals surface area (Å²) in [6, 6.07) is 32.9. The average Bonchev–Trinajstić information content (AvgIpc) is 3.06. The van der Waals surface area contributed by atoms with E-state index in [9.17, 15) is 18.7 Å². The van der Waals surface area contributed by atoms with Gasteiger partial charge in [-0.05, 0) is 66.3 Å². The Hall–Kier alpha value is -4.53. The molecule has 234 valence electrons. The van der Waals surface area contributed by atoms with Gasteiger partial charge in [-0.25, -0.2) is 8.78 Å². The van der Waals surface area contributed by atoms with Gasteiger partial charge in [-0.2, -0.15) is 0 Å². The third-order valence-electron chi connectivity index (χ3n) is 7.68. The molecule has 3 N–H and O–H groups in total. The molecule has 6 nitrogen and oxygen atoms in total. The van der Waals surface area contributed by atoms with E-state index in [1.165, 1.54) is 6.07 Å². The number of aromatic nitrogens is 1. The number of halogens is 2. The third kappa shape index (κ3) is 9.23. The van der Waals surface area contributed by atoms with Gasteiger partial charge in [-0.1, -0.05) is 78.9 Å². The van der Waals surface area contributed by atoms with Gasteiger partial charge in [0.1, 0.15) is 18.1 Å². The summed E-state index contributed by atoms with van der Waals surface area (Å²) in [5.74, 6) is -1.99. The van der Waals surface area contributed by atoms with Crippen LogP contribution in [-0.4, -0.2) is 35.2 Å². The fraction of sp³-hybridized carbons (Fsp3) is 0.270. The van der Waals surface area contributed by atoms with Gasteiger partial charge < -0.3 is 24.9 Å². The number of hydrogen-bond acceptors (Lipinski definition) is 5. The highest BCUT2D eigenvalue weighted by Crippen LogP contribution is 2.30. The molecule has 5 rings (SSSR count). The number of benzene rings is 4. The minimum atomic E-state index is -2.93. The molecule has 0 aliphatic carbocycles. The Morgan fingerprint density at radius 1 is 0.822 bits per heavy atom. The number of aryl methyl sites for hydroxylation is 1. The molecule has 0 saturated heterocycles. The lowest BCUT2D eigenvalue weighted by Crippen LogP contribution is -2.32. The number of fused-ring (bicyclic) bond motifs is 1. The molecule has 0 bridgehead atoms. The highest BCUT2D eigenvalue weighted by molar-refractivity contribution is 5.87. The van der Waals surface area contributed by atoms with Gasteiger partial charge in [0, 0.05) is 30.5 Å². The molecule has 0 aliphatic heterocycles. The number of nitrogens with one attached hydrogen (secondary N) is 2. The SMILES string of the molecule is C[C@H](Cc1ccc(OCC(F)(F)CCc2ccccc2)cc1)NC[C@H](O)c1ccc(OCc2ccccc2)c2[nH]c(=O)ccc12. The van der Waals surface area contributed by atoms with Crippen LogP contribution in [0.25, 0.3) is 10.9 Å². The van der Waals surface area contributed by atoms with Crippen LogP contribution in [0.1, 0.15) is 41.7 Å². The fourth-order valence-electron chi connectivity index (χ4n) is 5.20. The van der Waals surface area contributed by atoms with Gasteiger partial charge in [0.15, 0.2) is 6.61 Å². The Bertz CT molecular complexity index is 1710. The summed E-state index contributed by atoms with van der Waals surface area (Å²) in [5, 5.41) is 15.2. The Balaban J connectivity index is 1.12. The van der Waals surface area contributed by atoms with Crippen LogP contribution in [0.15, 0.2) is 114 Å². The zero-order valence-corrected chi connectivity index (χ0v) is 25.2. The summed E-state index contributed by atoms with van der Waals surface area (Å²) in [6.07, 6.45) is -0.145. The van der Waals surface area contributed by atoms with Crippen LogP contribution in [0.3, 0.4) is 0 Å². The molecule has 0 aliphatic rings. The summed E-state index contributed by atoms with van der Waals surface area (Å²) < 4.78 is 40.2. The molecule has 0 fully saturated rings. The van der Waals surface area contributed by atoms with Crippen LogP contribution in [0.4, 0.5) is 8.78 Å². The summed E-state index contributed by atoms with van der Waals surface area (Å²) in [5.41, 5.74) is 3.86. The quantitative estimate of drug-likeness (QED) is 0.119. The predicted molar refractivity (Wildman–Crippen MR) is 173 cm³/mol. The number of H-pyrrole nitrogens is 1. The fourth-order valence-corrected chi connectivity index (χ4v) is 5.20. The number of ether oxygens (including phenoxy) is 2. The second kappa shape index (κ2) is 15.0. The molecule has 1 heterocycles. The number of aliphatic hydroxyl groups is 1. The van der Waals surface area contributed by atoms with Crippen molar-refractivity contribution in [2.75, 3.05) is 13.2 Å². The van der Waals surface area contributed by atoms with Gasteiger partial charge >= 0.3 is 0 Å². The smallest absolute Gasteiger partial charge is 0.281 e. The monoisotopic (exact) mass is 612 g/mol. The van der Waals surface area contributed by atoms with E-state index in [1.807, 2.05) is 85.8 Å². The number of aliphatic hydroxyl groups excluding tert-OH is 1. The van der Waals surface area contributed by atoms with E-state index >= 15 is 0 Å². The zero-order valence-electron chi connectivity index (χ0n) is 25.2. The van der Waals surface area contributed by atoms with E-state index in [-0.39, 0.29) is 18.0 Å². The molecule has 0 radical (unpaired) electrons. The number of alkyl halides is 2. The van der Waals surface area contributed by atoms with Crippen LogP contribution < -0.4 is 20.3 Å². The first-order chi connectivity index (χ1) is 21.8. The maximum atomic E-state index is 14.4. The Kier molecular flexibility index (Phi) is 10.6. The van der Waals surface area contributed by atoms with Gasteiger partial charge in [0.2, 0.25) is 5.56 Å². The van der Waals surface area contributed by atoms with Crippen molar-refractivity contribution in [3.05, 3.63) is 142 Å². The topological polar surface area (TPSA) is 83.6 Å². The lowest BCUT2D eigenvalue weighted by Gasteiger charge is -2.20. The van der Waals surface area contributed by atoms with E-state index in [0.29, 0.717) is 54.0 Å². The second-order valence-corrected chi connectivity index (χ2v) is 11.3. The van der Waals surface area contributed by atoms with Gasteiger partial charge in [-0.3, -0.25) is 4.79 Å². The first-order valence-electron chi connectivity index (χ1n) is 15.1. The van der Waals surface area contributed by atoms with Gasteiger partial charge in [0.05, 0.1) is 11.6 Å². The minimum Gasteiger partial charge on any atom is -0.487 e. The number of rotatable bonds is 15. The van der Waals surface area contributed by atoms with Crippen molar-refractivity contribution in [1.29, 1.82) is 0 Å². The maximum Gasteiger partial charge on any atom is 0.281 e. The zero-order chi connectivity index (χ0) is 31.6. The van der Waals surface area contributed by atoms with Gasteiger partial charge in [0.25, 0.3) is 5.92 Å². The van der Waals surface area contributed by atoms with Crippen LogP contribution in [0, 0.1) is 0 Å². The van der Waals surface area contributed by atoms with Crippen LogP contribution in [0.5, 0.6) is 11.5 Å². The Morgan fingerprint density at radius 3 is 2.22 bits per heavy atom. The van der Waals surface area contributed by atoms with E-state index in [4.69, 9.17) is 9.47 Å². The molecular weight excluding hydrogens is 574 g/mol. The van der Waals surface area contributed by atoms with Crippen molar-refractivity contribution in [2.24, 2.45) is 0 Å². The standard InChI is InChI=1S/C37H38F2N2O4/c1-26(22-28-12-14-30(15-13-28)45-25-37(38,39)21-20-27-8-4-2-5-9-27)40-23-33(42)31-16-18-34(36-32(31)17-19-35(43)41-36)44-24-29-10-6-3-7-11-29/h2-19,26,33,40,42H,20-25H2,1H3,(H,41,43)/t26-,33+/m1/s1. The molecule has 0 unspecified atom stereocenters. The Labute approximate surface area is 261 Å². The highest BCUT2D eigenvalue weighted by Gasteiger charge is 2.29. The lowest BCUT2D eigenvalue weighted by molar-refractivity contribution is -0.0473. The summed E-state index contributed by atoms with van der Waals surface area (Å²) in [6.45, 7) is 1.99. The Morgan fingerprint density at radius 2 is 1.51 bits per heavy atom. The van der Waals surface area contributed by atoms with Crippen LogP contribution >= 0.6 is 0 Å². The van der Waals surface area contributed by atoms with Crippen LogP contribution in [-0.2, 0) is 19.4 Å². The lowest BCUT2D eigenvalue weighted by atomic mass is 10.0. The predicted octanol–water partition coefficient (Wildman–Crippen LogP) is 7.01. The summed E-state index contributed by atoms with van der Waals surface area (Å²) in [4.78, 5) is 15.0. The van der Waals surface area contributed by atoms with Crippen molar-refractivity contribution in [1.82, 2.24) is 10.3 Å². The first-order valence-corrected chi connectivity index (χ1v) is 15.1. The summed E-state index contributed by atoms with van der Waals surface area (Å²) in [7, 11) is 0. The molecular formula is C37H38F2N2O4. The van der Waals surface area contributed by atoms with Gasteiger partial charge in [-0.15, -0.1) is 0 Å². The first kappa shape index (κ1) is 31.9. The largest absolute Gasteiger partial charge is 0.487 e. The normalized spacial score (nSPS) is 13.0. The molecule has 2 atom stereocenters. The van der Waals surface area contributed by atoms with Crippen molar-refractivity contribution < 1.29 is 23.4 Å². The highest BCUT2D eigenvalue weighted by atomic mass is 19.3. The number of pyridine rings is 1. The van der Waals surface area contributed by atoms with Crippen molar-refractivity contribution in [2.45, 2.75) is 50.9 Å². The van der Waals surface area contributed by atoms with E-state index in [0.717, 1.165) is 16.7 Å². The van der Waals surface area contributed by atoms with E-state index < -0.39 is 18.6 Å². The molecule has 1 aromatic heterocycles.